The third-order valence-corrected chi connectivity index (χ3v) is 7.04. The molecule has 3 aliphatic rings. The number of fused-ring (bicyclic) bond motifs is 5. The first kappa shape index (κ1) is 17.2. The fraction of sp³-hybridized carbons (Fsp3) is 0.148. The van der Waals surface area contributed by atoms with E-state index in [2.05, 4.69) is 113 Å². The summed E-state index contributed by atoms with van der Waals surface area (Å²) in [6.07, 6.45) is 2.24. The fourth-order valence-corrected chi connectivity index (χ4v) is 5.79. The highest BCUT2D eigenvalue weighted by Gasteiger charge is 2.53. The minimum Gasteiger partial charge on any atom is -0.360 e. The van der Waals surface area contributed by atoms with Crippen LogP contribution in [0.15, 0.2) is 85.1 Å². The van der Waals surface area contributed by atoms with Crippen LogP contribution in [-0.2, 0) is 6.54 Å². The predicted molar refractivity (Wildman–Crippen MR) is 128 cm³/mol. The first-order valence-electron chi connectivity index (χ1n) is 11.1. The number of hydrogen-bond donors (Lipinski definition) is 0. The van der Waals surface area contributed by atoms with Crippen molar-refractivity contribution in [2.75, 3.05) is 9.62 Å². The van der Waals surface area contributed by atoms with Gasteiger partial charge in [-0.25, -0.2) is 0 Å². The molecule has 148 valence electrons. The lowest BCUT2D eigenvalue weighted by Gasteiger charge is -2.35. The van der Waals surface area contributed by atoms with E-state index in [1.807, 2.05) is 0 Å². The molecule has 0 unspecified atom stereocenters. The largest absolute Gasteiger partial charge is 0.427 e. The summed E-state index contributed by atoms with van der Waals surface area (Å²) in [4.78, 5) is 5.12. The number of anilines is 4. The van der Waals surface area contributed by atoms with E-state index < -0.39 is 0 Å². The summed E-state index contributed by atoms with van der Waals surface area (Å²) in [5, 5.41) is 0. The van der Waals surface area contributed by atoms with Crippen molar-refractivity contribution in [1.29, 1.82) is 0 Å². The molecule has 0 saturated heterocycles. The number of hydrogen-bond acceptors (Lipinski definition) is 2. The van der Waals surface area contributed by atoms with Crippen molar-refractivity contribution >= 4 is 35.2 Å². The van der Waals surface area contributed by atoms with Crippen molar-refractivity contribution in [3.05, 3.63) is 96.2 Å². The van der Waals surface area contributed by atoms with E-state index in [1.54, 1.807) is 0 Å². The zero-order chi connectivity index (χ0) is 20.7. The Kier molecular flexibility index (Phi) is 3.33. The van der Waals surface area contributed by atoms with Gasteiger partial charge in [0.25, 0.3) is 0 Å². The van der Waals surface area contributed by atoms with Gasteiger partial charge >= 0.3 is 6.98 Å². The molecule has 4 heteroatoms. The van der Waals surface area contributed by atoms with Gasteiger partial charge in [0, 0.05) is 28.5 Å². The van der Waals surface area contributed by atoms with Gasteiger partial charge in [0.1, 0.15) is 0 Å². The lowest BCUT2D eigenvalue weighted by Crippen LogP contribution is -2.58. The maximum atomic E-state index is 2.61. The number of pyridine rings is 1. The van der Waals surface area contributed by atoms with E-state index in [0.29, 0.717) is 5.92 Å². The van der Waals surface area contributed by atoms with Crippen molar-refractivity contribution in [1.82, 2.24) is 0 Å². The Morgan fingerprint density at radius 2 is 1.55 bits per heavy atom. The van der Waals surface area contributed by atoms with Crippen LogP contribution < -0.4 is 19.7 Å². The van der Waals surface area contributed by atoms with Crippen molar-refractivity contribution in [2.24, 2.45) is 0 Å². The Balaban J connectivity index is 1.62. The van der Waals surface area contributed by atoms with E-state index in [9.17, 15) is 0 Å². The van der Waals surface area contributed by atoms with Crippen molar-refractivity contribution < 1.29 is 4.57 Å². The summed E-state index contributed by atoms with van der Waals surface area (Å²) in [6, 6.07) is 29.0. The Morgan fingerprint density at radius 1 is 0.806 bits per heavy atom. The van der Waals surface area contributed by atoms with Gasteiger partial charge in [0.2, 0.25) is 5.69 Å². The Bertz CT molecular complexity index is 1360. The topological polar surface area (TPSA) is 10.4 Å². The molecule has 31 heavy (non-hydrogen) atoms. The van der Waals surface area contributed by atoms with Crippen LogP contribution in [0, 0.1) is 0 Å². The lowest BCUT2D eigenvalue weighted by molar-refractivity contribution is -0.671. The summed E-state index contributed by atoms with van der Waals surface area (Å²) in [6.45, 7) is 5.69. The van der Waals surface area contributed by atoms with Gasteiger partial charge in [-0.2, -0.15) is 4.57 Å². The SMILES string of the molecule is CC(C)c1ccc2c3c1N1B(c4ccc[n+](c4-3)C2)N(c2ccccc2)c2ccccc21. The normalized spacial score (nSPS) is 14.7. The van der Waals surface area contributed by atoms with Crippen LogP contribution in [0.4, 0.5) is 22.7 Å². The summed E-state index contributed by atoms with van der Waals surface area (Å²) in [7, 11) is 0. The molecule has 3 nitrogen and oxygen atoms in total. The molecule has 0 spiro atoms. The molecule has 0 N–H and O–H groups in total. The van der Waals surface area contributed by atoms with Gasteiger partial charge in [-0.05, 0) is 35.7 Å². The molecule has 3 aliphatic heterocycles. The van der Waals surface area contributed by atoms with Gasteiger partial charge in [0.15, 0.2) is 12.7 Å². The van der Waals surface area contributed by atoms with Crippen molar-refractivity contribution in [3.8, 4) is 11.3 Å². The second kappa shape index (κ2) is 6.01. The number of nitrogens with zero attached hydrogens (tertiary/aromatic N) is 3. The van der Waals surface area contributed by atoms with Crippen LogP contribution in [0.2, 0.25) is 0 Å². The zero-order valence-electron chi connectivity index (χ0n) is 17.8. The van der Waals surface area contributed by atoms with Crippen LogP contribution in [0.1, 0.15) is 30.9 Å². The van der Waals surface area contributed by atoms with E-state index in [1.165, 1.54) is 50.6 Å². The number of aromatic nitrogens is 1. The minimum atomic E-state index is 0.112. The van der Waals surface area contributed by atoms with E-state index in [4.69, 9.17) is 0 Å². The van der Waals surface area contributed by atoms with Crippen LogP contribution >= 0.6 is 0 Å². The van der Waals surface area contributed by atoms with Gasteiger partial charge in [-0.3, -0.25) is 0 Å². The quantitative estimate of drug-likeness (QED) is 0.301. The molecular weight excluding hydrogens is 377 g/mol. The highest BCUT2D eigenvalue weighted by molar-refractivity contribution is 6.86. The smallest absolute Gasteiger partial charge is 0.360 e. The molecule has 7 rings (SSSR count). The second-order valence-corrected chi connectivity index (χ2v) is 9.07. The Labute approximate surface area is 183 Å². The number of benzene rings is 3. The first-order valence-corrected chi connectivity index (χ1v) is 11.1. The molecule has 0 radical (unpaired) electrons. The molecule has 0 amide bonds. The van der Waals surface area contributed by atoms with Crippen molar-refractivity contribution in [3.63, 3.8) is 0 Å². The molecule has 4 heterocycles. The van der Waals surface area contributed by atoms with Crippen LogP contribution in [-0.4, -0.2) is 6.98 Å². The Hall–Kier alpha value is -3.53. The molecule has 4 aromatic rings. The van der Waals surface area contributed by atoms with Crippen LogP contribution in [0.5, 0.6) is 0 Å². The van der Waals surface area contributed by atoms with Gasteiger partial charge in [0.05, 0.1) is 16.9 Å². The molecule has 0 fully saturated rings. The molecule has 0 atom stereocenters. The number of rotatable bonds is 2. The minimum absolute atomic E-state index is 0.112. The summed E-state index contributed by atoms with van der Waals surface area (Å²) < 4.78 is 2.44. The van der Waals surface area contributed by atoms with E-state index in [-0.39, 0.29) is 6.98 Å². The van der Waals surface area contributed by atoms with Crippen LogP contribution in [0.25, 0.3) is 11.3 Å². The number of para-hydroxylation sites is 3. The maximum absolute atomic E-state index is 2.61. The van der Waals surface area contributed by atoms with E-state index in [0.717, 1.165) is 6.54 Å². The van der Waals surface area contributed by atoms with Gasteiger partial charge in [-0.1, -0.05) is 62.4 Å². The summed E-state index contributed by atoms with van der Waals surface area (Å²) >= 11 is 0. The van der Waals surface area contributed by atoms with Crippen molar-refractivity contribution in [2.45, 2.75) is 26.3 Å². The average molecular weight is 400 g/mol. The summed E-state index contributed by atoms with van der Waals surface area (Å²) in [5.74, 6) is 0.457. The molecule has 0 aliphatic carbocycles. The third-order valence-electron chi connectivity index (χ3n) is 7.04. The lowest BCUT2D eigenvalue weighted by atomic mass is 9.60. The van der Waals surface area contributed by atoms with Crippen LogP contribution in [0.3, 0.4) is 0 Å². The molecule has 1 aromatic heterocycles. The second-order valence-electron chi connectivity index (χ2n) is 9.07. The standard InChI is InChI=1S/C27H23BN3/c1-18(2)21-15-14-19-17-29-16-8-11-22-27(29)25(19)26(21)31-24-13-7-6-12-23(24)30(28(22)31)20-9-4-3-5-10-20/h3-16,18H,17H2,1-2H3/q+1. The monoisotopic (exact) mass is 400 g/mol. The zero-order valence-corrected chi connectivity index (χ0v) is 17.8. The van der Waals surface area contributed by atoms with Gasteiger partial charge < -0.3 is 9.62 Å². The molecule has 3 aromatic carbocycles. The third kappa shape index (κ3) is 2.12. The highest BCUT2D eigenvalue weighted by atomic mass is 15.3. The molecular formula is C27H23BN3+. The molecule has 0 saturated carbocycles. The first-order chi connectivity index (χ1) is 15.2. The van der Waals surface area contributed by atoms with E-state index >= 15 is 0 Å². The average Bonchev–Trinajstić information content (AvgIpc) is 3.35. The summed E-state index contributed by atoms with van der Waals surface area (Å²) in [5.41, 5.74) is 12.3. The highest BCUT2D eigenvalue weighted by Crippen LogP contribution is 2.53. The maximum Gasteiger partial charge on any atom is 0.427 e. The predicted octanol–water partition coefficient (Wildman–Crippen LogP) is 5.12. The molecule has 0 bridgehead atoms. The van der Waals surface area contributed by atoms with Gasteiger partial charge in [-0.15, -0.1) is 0 Å². The Morgan fingerprint density at radius 3 is 2.32 bits per heavy atom. The fourth-order valence-electron chi connectivity index (χ4n) is 5.79.